The molecule has 0 bridgehead atoms. The van der Waals surface area contributed by atoms with E-state index >= 15 is 0 Å². The van der Waals surface area contributed by atoms with Gasteiger partial charge in [-0.15, -0.1) is 0 Å². The maximum atomic E-state index is 5.63. The number of hydrogen-bond acceptors (Lipinski definition) is 2. The van der Waals surface area contributed by atoms with Crippen molar-refractivity contribution in [3.05, 3.63) is 29.3 Å². The standard InChI is InChI=1S/C14H23NO/c1-4-11(3)12-6-7-14(16-5-2)13(10-12)8-9-15/h6-7,10-11H,4-5,8-9,15H2,1-3H3. The van der Waals surface area contributed by atoms with Crippen molar-refractivity contribution in [3.8, 4) is 5.75 Å². The third kappa shape index (κ3) is 3.24. The van der Waals surface area contributed by atoms with E-state index in [1.165, 1.54) is 11.1 Å². The zero-order chi connectivity index (χ0) is 12.0. The molecule has 1 atom stereocenters. The topological polar surface area (TPSA) is 35.2 Å². The lowest BCUT2D eigenvalue weighted by molar-refractivity contribution is 0.336. The van der Waals surface area contributed by atoms with Gasteiger partial charge in [-0.3, -0.25) is 0 Å². The van der Waals surface area contributed by atoms with Crippen LogP contribution in [0.15, 0.2) is 18.2 Å². The van der Waals surface area contributed by atoms with Gasteiger partial charge in [0.2, 0.25) is 0 Å². The lowest BCUT2D eigenvalue weighted by atomic mass is 9.95. The number of hydrogen-bond donors (Lipinski definition) is 1. The predicted octanol–water partition coefficient (Wildman–Crippen LogP) is 3.10. The maximum absolute atomic E-state index is 5.63. The van der Waals surface area contributed by atoms with Crippen molar-refractivity contribution in [2.45, 2.75) is 39.5 Å². The molecule has 0 aliphatic rings. The highest BCUT2D eigenvalue weighted by molar-refractivity contribution is 5.38. The van der Waals surface area contributed by atoms with Crippen molar-refractivity contribution >= 4 is 0 Å². The van der Waals surface area contributed by atoms with Gasteiger partial charge in [0.15, 0.2) is 0 Å². The van der Waals surface area contributed by atoms with Crippen molar-refractivity contribution in [2.24, 2.45) is 5.73 Å². The molecule has 1 aromatic carbocycles. The van der Waals surface area contributed by atoms with Crippen LogP contribution in [0, 0.1) is 0 Å². The minimum atomic E-state index is 0.604. The summed E-state index contributed by atoms with van der Waals surface area (Å²) in [6, 6.07) is 6.49. The molecule has 0 aliphatic heterocycles. The van der Waals surface area contributed by atoms with Gasteiger partial charge >= 0.3 is 0 Å². The Labute approximate surface area is 98.8 Å². The van der Waals surface area contributed by atoms with E-state index < -0.39 is 0 Å². The van der Waals surface area contributed by atoms with Gasteiger partial charge in [-0.1, -0.05) is 26.0 Å². The van der Waals surface area contributed by atoms with Gasteiger partial charge in [-0.2, -0.15) is 0 Å². The molecule has 2 heteroatoms. The maximum Gasteiger partial charge on any atom is 0.122 e. The third-order valence-electron chi connectivity index (χ3n) is 2.98. The van der Waals surface area contributed by atoms with Gasteiger partial charge in [0.1, 0.15) is 5.75 Å². The van der Waals surface area contributed by atoms with E-state index in [4.69, 9.17) is 10.5 Å². The first-order chi connectivity index (χ1) is 7.72. The molecule has 0 amide bonds. The summed E-state index contributed by atoms with van der Waals surface area (Å²) in [6.45, 7) is 7.85. The minimum Gasteiger partial charge on any atom is -0.494 e. The van der Waals surface area contributed by atoms with Gasteiger partial charge < -0.3 is 10.5 Å². The summed E-state index contributed by atoms with van der Waals surface area (Å²) in [5.74, 6) is 1.59. The summed E-state index contributed by atoms with van der Waals surface area (Å²) >= 11 is 0. The molecule has 0 spiro atoms. The fourth-order valence-electron chi connectivity index (χ4n) is 1.79. The highest BCUT2D eigenvalue weighted by Gasteiger charge is 2.08. The first kappa shape index (κ1) is 13.0. The normalized spacial score (nSPS) is 12.5. The molecular weight excluding hydrogens is 198 g/mol. The lowest BCUT2D eigenvalue weighted by Gasteiger charge is -2.14. The first-order valence-corrected chi connectivity index (χ1v) is 6.18. The highest BCUT2D eigenvalue weighted by Crippen LogP contribution is 2.26. The van der Waals surface area contributed by atoms with Gasteiger partial charge in [0.05, 0.1) is 6.61 Å². The summed E-state index contributed by atoms with van der Waals surface area (Å²) in [5.41, 5.74) is 8.25. The van der Waals surface area contributed by atoms with Crippen molar-refractivity contribution in [1.29, 1.82) is 0 Å². The lowest BCUT2D eigenvalue weighted by Crippen LogP contribution is -2.06. The fourth-order valence-corrected chi connectivity index (χ4v) is 1.79. The Kier molecular flexibility index (Phi) is 5.33. The van der Waals surface area contributed by atoms with Crippen LogP contribution in [-0.2, 0) is 6.42 Å². The van der Waals surface area contributed by atoms with Crippen molar-refractivity contribution in [2.75, 3.05) is 13.2 Å². The van der Waals surface area contributed by atoms with E-state index in [0.717, 1.165) is 18.6 Å². The van der Waals surface area contributed by atoms with Gasteiger partial charge in [-0.25, -0.2) is 0 Å². The monoisotopic (exact) mass is 221 g/mol. The molecule has 16 heavy (non-hydrogen) atoms. The molecule has 0 saturated carbocycles. The Morgan fingerprint density at radius 1 is 1.31 bits per heavy atom. The molecule has 1 aromatic rings. The van der Waals surface area contributed by atoms with Gasteiger partial charge in [0, 0.05) is 0 Å². The molecule has 2 N–H and O–H groups in total. The Morgan fingerprint density at radius 2 is 2.06 bits per heavy atom. The summed E-state index contributed by atoms with van der Waals surface area (Å²) in [7, 11) is 0. The second kappa shape index (κ2) is 6.54. The molecule has 2 nitrogen and oxygen atoms in total. The van der Waals surface area contributed by atoms with Crippen LogP contribution in [0.1, 0.15) is 44.2 Å². The second-order valence-electron chi connectivity index (χ2n) is 4.15. The molecule has 0 radical (unpaired) electrons. The average Bonchev–Trinajstić information content (AvgIpc) is 2.31. The summed E-state index contributed by atoms with van der Waals surface area (Å²) in [6.07, 6.45) is 2.05. The van der Waals surface area contributed by atoms with Crippen molar-refractivity contribution in [1.82, 2.24) is 0 Å². The fraction of sp³-hybridized carbons (Fsp3) is 0.571. The average molecular weight is 221 g/mol. The van der Waals surface area contributed by atoms with Gasteiger partial charge in [-0.05, 0) is 49.4 Å². The SMILES string of the molecule is CCOc1ccc(C(C)CC)cc1CCN. The van der Waals surface area contributed by atoms with Crippen LogP contribution >= 0.6 is 0 Å². The van der Waals surface area contributed by atoms with Crippen LogP contribution in [0.25, 0.3) is 0 Å². The van der Waals surface area contributed by atoms with Crippen molar-refractivity contribution < 1.29 is 4.74 Å². The zero-order valence-electron chi connectivity index (χ0n) is 10.6. The molecule has 1 rings (SSSR count). The summed E-state index contributed by atoms with van der Waals surface area (Å²) in [4.78, 5) is 0. The first-order valence-electron chi connectivity index (χ1n) is 6.18. The molecule has 0 aliphatic carbocycles. The Balaban J connectivity index is 2.96. The van der Waals surface area contributed by atoms with E-state index in [-0.39, 0.29) is 0 Å². The minimum absolute atomic E-state index is 0.604. The van der Waals surface area contributed by atoms with Crippen LogP contribution in [0.4, 0.5) is 0 Å². The number of rotatable bonds is 6. The third-order valence-corrected chi connectivity index (χ3v) is 2.98. The Hall–Kier alpha value is -1.02. The number of benzene rings is 1. The Morgan fingerprint density at radius 3 is 2.62 bits per heavy atom. The molecule has 0 fully saturated rings. The van der Waals surface area contributed by atoms with E-state index in [1.807, 2.05) is 6.92 Å². The predicted molar refractivity (Wildman–Crippen MR) is 69.1 cm³/mol. The highest BCUT2D eigenvalue weighted by atomic mass is 16.5. The van der Waals surface area contributed by atoms with Crippen LogP contribution in [0.3, 0.4) is 0 Å². The molecule has 1 unspecified atom stereocenters. The summed E-state index contributed by atoms with van der Waals surface area (Å²) in [5, 5.41) is 0. The summed E-state index contributed by atoms with van der Waals surface area (Å²) < 4.78 is 5.60. The second-order valence-corrected chi connectivity index (χ2v) is 4.15. The zero-order valence-corrected chi connectivity index (χ0v) is 10.6. The molecule has 0 saturated heterocycles. The van der Waals surface area contributed by atoms with Crippen molar-refractivity contribution in [3.63, 3.8) is 0 Å². The van der Waals surface area contributed by atoms with Crippen LogP contribution < -0.4 is 10.5 Å². The van der Waals surface area contributed by atoms with Crippen LogP contribution in [0.5, 0.6) is 5.75 Å². The molecule has 0 aromatic heterocycles. The van der Waals surface area contributed by atoms with Gasteiger partial charge in [0.25, 0.3) is 0 Å². The van der Waals surface area contributed by atoms with Crippen LogP contribution in [-0.4, -0.2) is 13.2 Å². The smallest absolute Gasteiger partial charge is 0.122 e. The molecule has 90 valence electrons. The number of ether oxygens (including phenoxy) is 1. The molecule has 0 heterocycles. The van der Waals surface area contributed by atoms with E-state index in [9.17, 15) is 0 Å². The Bertz CT molecular complexity index is 323. The van der Waals surface area contributed by atoms with E-state index in [2.05, 4.69) is 32.0 Å². The molecular formula is C14H23NO. The number of nitrogens with two attached hydrogens (primary N) is 1. The van der Waals surface area contributed by atoms with E-state index in [0.29, 0.717) is 19.1 Å². The van der Waals surface area contributed by atoms with Crippen LogP contribution in [0.2, 0.25) is 0 Å². The largest absolute Gasteiger partial charge is 0.494 e. The van der Waals surface area contributed by atoms with E-state index in [1.54, 1.807) is 0 Å². The quantitative estimate of drug-likeness (QED) is 0.801.